The van der Waals surface area contributed by atoms with Gasteiger partial charge in [0.05, 0.1) is 11.9 Å². The van der Waals surface area contributed by atoms with E-state index in [2.05, 4.69) is 25.1 Å². The van der Waals surface area contributed by atoms with Gasteiger partial charge in [-0.25, -0.2) is 4.98 Å². The van der Waals surface area contributed by atoms with Crippen molar-refractivity contribution in [2.45, 2.75) is 32.8 Å². The average molecular weight is 291 g/mol. The predicted molar refractivity (Wildman–Crippen MR) is 77.3 cm³/mol. The Balaban J connectivity index is 1.56. The van der Waals surface area contributed by atoms with Crippen LogP contribution in [0.3, 0.4) is 0 Å². The molecule has 6 nitrogen and oxygen atoms in total. The van der Waals surface area contributed by atoms with Crippen molar-refractivity contribution < 1.29 is 4.74 Å². The van der Waals surface area contributed by atoms with Crippen LogP contribution in [0.25, 0.3) is 0 Å². The Kier molecular flexibility index (Phi) is 3.77. The normalized spacial score (nSPS) is 16.4. The topological polar surface area (TPSA) is 64.0 Å². The van der Waals surface area contributed by atoms with E-state index in [0.29, 0.717) is 5.88 Å². The highest BCUT2D eigenvalue weighted by molar-refractivity contribution is 7.15. The molecule has 0 aliphatic carbocycles. The summed E-state index contributed by atoms with van der Waals surface area (Å²) in [4.78, 5) is 10.7. The molecular weight excluding hydrogens is 274 g/mol. The Morgan fingerprint density at radius 3 is 2.65 bits per heavy atom. The first-order valence-corrected chi connectivity index (χ1v) is 7.53. The van der Waals surface area contributed by atoms with Gasteiger partial charge in [-0.3, -0.25) is 4.98 Å². The Bertz CT molecular complexity index is 580. The van der Waals surface area contributed by atoms with E-state index in [1.165, 1.54) is 0 Å². The lowest BCUT2D eigenvalue weighted by molar-refractivity contribution is 0.163. The van der Waals surface area contributed by atoms with Crippen LogP contribution in [0.2, 0.25) is 0 Å². The molecule has 0 bridgehead atoms. The minimum atomic E-state index is 0.205. The SMILES string of the molecule is Cc1cncc(OC2CCN(c3nnc(C)s3)CC2)n1. The molecule has 0 radical (unpaired) electrons. The fraction of sp³-hybridized carbons (Fsp3) is 0.538. The zero-order valence-corrected chi connectivity index (χ0v) is 12.4. The smallest absolute Gasteiger partial charge is 0.232 e. The van der Waals surface area contributed by atoms with Crippen molar-refractivity contribution in [3.05, 3.63) is 23.1 Å². The van der Waals surface area contributed by atoms with Crippen LogP contribution in [-0.2, 0) is 0 Å². The fourth-order valence-electron chi connectivity index (χ4n) is 2.25. The lowest BCUT2D eigenvalue weighted by atomic mass is 10.1. The number of anilines is 1. The van der Waals surface area contributed by atoms with Gasteiger partial charge in [-0.15, -0.1) is 10.2 Å². The largest absolute Gasteiger partial charge is 0.473 e. The molecule has 0 atom stereocenters. The Labute approximate surface area is 121 Å². The molecule has 0 saturated carbocycles. The molecule has 3 rings (SSSR count). The van der Waals surface area contributed by atoms with E-state index >= 15 is 0 Å². The van der Waals surface area contributed by atoms with Gasteiger partial charge in [0.15, 0.2) is 0 Å². The van der Waals surface area contributed by atoms with Crippen LogP contribution < -0.4 is 9.64 Å². The summed E-state index contributed by atoms with van der Waals surface area (Å²) in [6.45, 7) is 5.78. The van der Waals surface area contributed by atoms with Gasteiger partial charge in [0, 0.05) is 32.1 Å². The third-order valence-corrected chi connectivity index (χ3v) is 4.15. The molecule has 2 aromatic heterocycles. The third-order valence-electron chi connectivity index (χ3n) is 3.25. The Morgan fingerprint density at radius 2 is 2.00 bits per heavy atom. The van der Waals surface area contributed by atoms with E-state index in [-0.39, 0.29) is 6.10 Å². The zero-order chi connectivity index (χ0) is 13.9. The molecule has 0 spiro atoms. The first kappa shape index (κ1) is 13.2. The summed E-state index contributed by atoms with van der Waals surface area (Å²) in [5.74, 6) is 0.621. The number of nitrogens with zero attached hydrogens (tertiary/aromatic N) is 5. The summed E-state index contributed by atoms with van der Waals surface area (Å²) in [6.07, 6.45) is 5.54. The van der Waals surface area contributed by atoms with Crippen LogP contribution in [-0.4, -0.2) is 39.4 Å². The molecule has 1 saturated heterocycles. The van der Waals surface area contributed by atoms with Crippen LogP contribution in [0.15, 0.2) is 12.4 Å². The van der Waals surface area contributed by atoms with Crippen LogP contribution >= 0.6 is 11.3 Å². The van der Waals surface area contributed by atoms with E-state index in [1.807, 2.05) is 13.8 Å². The van der Waals surface area contributed by atoms with Crippen molar-refractivity contribution in [1.82, 2.24) is 20.2 Å². The zero-order valence-electron chi connectivity index (χ0n) is 11.6. The highest BCUT2D eigenvalue weighted by Gasteiger charge is 2.23. The molecule has 2 aromatic rings. The molecule has 1 aliphatic rings. The van der Waals surface area contributed by atoms with Crippen molar-refractivity contribution in [3.63, 3.8) is 0 Å². The summed E-state index contributed by atoms with van der Waals surface area (Å²) >= 11 is 1.64. The number of piperidine rings is 1. The second-order valence-electron chi connectivity index (χ2n) is 4.91. The molecule has 0 unspecified atom stereocenters. The molecule has 20 heavy (non-hydrogen) atoms. The second kappa shape index (κ2) is 5.70. The number of hydrogen-bond donors (Lipinski definition) is 0. The number of rotatable bonds is 3. The van der Waals surface area contributed by atoms with Crippen LogP contribution in [0.1, 0.15) is 23.5 Å². The van der Waals surface area contributed by atoms with Gasteiger partial charge in [-0.2, -0.15) is 0 Å². The quantitative estimate of drug-likeness (QED) is 0.861. The van der Waals surface area contributed by atoms with E-state index in [4.69, 9.17) is 4.74 Å². The van der Waals surface area contributed by atoms with Gasteiger partial charge in [0.1, 0.15) is 11.1 Å². The van der Waals surface area contributed by atoms with Gasteiger partial charge in [0.25, 0.3) is 0 Å². The fourth-order valence-corrected chi connectivity index (χ4v) is 2.99. The Morgan fingerprint density at radius 1 is 1.20 bits per heavy atom. The van der Waals surface area contributed by atoms with Gasteiger partial charge >= 0.3 is 0 Å². The van der Waals surface area contributed by atoms with Crippen molar-refractivity contribution in [2.75, 3.05) is 18.0 Å². The highest BCUT2D eigenvalue weighted by atomic mass is 32.1. The molecule has 106 valence electrons. The van der Waals surface area contributed by atoms with E-state index in [1.54, 1.807) is 23.7 Å². The van der Waals surface area contributed by atoms with E-state index in [9.17, 15) is 0 Å². The van der Waals surface area contributed by atoms with E-state index in [0.717, 1.165) is 41.8 Å². The Hall–Kier alpha value is -1.76. The molecule has 0 N–H and O–H groups in total. The highest BCUT2D eigenvalue weighted by Crippen LogP contribution is 2.24. The first-order chi connectivity index (χ1) is 9.70. The minimum absolute atomic E-state index is 0.205. The van der Waals surface area contributed by atoms with Crippen LogP contribution in [0.4, 0.5) is 5.13 Å². The molecule has 1 aliphatic heterocycles. The van der Waals surface area contributed by atoms with Gasteiger partial charge < -0.3 is 9.64 Å². The number of hydrogen-bond acceptors (Lipinski definition) is 7. The number of aryl methyl sites for hydroxylation is 2. The van der Waals surface area contributed by atoms with Gasteiger partial charge in [0.2, 0.25) is 11.0 Å². The number of aromatic nitrogens is 4. The second-order valence-corrected chi connectivity index (χ2v) is 6.07. The lowest BCUT2D eigenvalue weighted by Gasteiger charge is -2.31. The van der Waals surface area contributed by atoms with Crippen molar-refractivity contribution in [3.8, 4) is 5.88 Å². The molecule has 7 heteroatoms. The van der Waals surface area contributed by atoms with Gasteiger partial charge in [-0.1, -0.05) is 11.3 Å². The lowest BCUT2D eigenvalue weighted by Crippen LogP contribution is -2.38. The minimum Gasteiger partial charge on any atom is -0.473 e. The third kappa shape index (κ3) is 3.04. The molecule has 3 heterocycles. The summed E-state index contributed by atoms with van der Waals surface area (Å²) in [5, 5.41) is 10.3. The van der Waals surface area contributed by atoms with Crippen LogP contribution in [0.5, 0.6) is 5.88 Å². The maximum Gasteiger partial charge on any atom is 0.232 e. The summed E-state index contributed by atoms with van der Waals surface area (Å²) in [7, 11) is 0. The molecule has 1 fully saturated rings. The maximum absolute atomic E-state index is 5.89. The van der Waals surface area contributed by atoms with Gasteiger partial charge in [-0.05, 0) is 13.8 Å². The summed E-state index contributed by atoms with van der Waals surface area (Å²) < 4.78 is 5.89. The molecular formula is C13H17N5OS. The standard InChI is InChI=1S/C13H17N5OS/c1-9-7-14-8-12(15-9)19-11-3-5-18(6-4-11)13-17-16-10(2)20-13/h7-8,11H,3-6H2,1-2H3. The monoisotopic (exact) mass is 291 g/mol. The van der Waals surface area contributed by atoms with Crippen LogP contribution in [0, 0.1) is 13.8 Å². The summed E-state index contributed by atoms with van der Waals surface area (Å²) in [5.41, 5.74) is 0.879. The average Bonchev–Trinajstić information content (AvgIpc) is 2.86. The predicted octanol–water partition coefficient (Wildman–Crippen LogP) is 1.99. The van der Waals surface area contributed by atoms with Crippen molar-refractivity contribution in [2.24, 2.45) is 0 Å². The van der Waals surface area contributed by atoms with Crippen molar-refractivity contribution in [1.29, 1.82) is 0 Å². The maximum atomic E-state index is 5.89. The summed E-state index contributed by atoms with van der Waals surface area (Å²) in [6, 6.07) is 0. The molecule has 0 amide bonds. The first-order valence-electron chi connectivity index (χ1n) is 6.71. The number of ether oxygens (including phenoxy) is 1. The molecule has 0 aromatic carbocycles. The van der Waals surface area contributed by atoms with E-state index < -0.39 is 0 Å². The van der Waals surface area contributed by atoms with Crippen molar-refractivity contribution >= 4 is 16.5 Å².